The summed E-state index contributed by atoms with van der Waals surface area (Å²) in [6, 6.07) is 15.2. The number of hydrogen-bond acceptors (Lipinski definition) is 5. The summed E-state index contributed by atoms with van der Waals surface area (Å²) in [7, 11) is 3.29. The van der Waals surface area contributed by atoms with Crippen LogP contribution in [0.3, 0.4) is 0 Å². The van der Waals surface area contributed by atoms with Crippen LogP contribution in [0.25, 0.3) is 21.1 Å². The van der Waals surface area contributed by atoms with Gasteiger partial charge in [0.2, 0.25) is 0 Å². The van der Waals surface area contributed by atoms with Crippen molar-refractivity contribution in [3.63, 3.8) is 0 Å². The van der Waals surface area contributed by atoms with Crippen molar-refractivity contribution < 1.29 is 14.3 Å². The first-order valence-electron chi connectivity index (χ1n) is 9.22. The summed E-state index contributed by atoms with van der Waals surface area (Å²) in [5, 5.41) is 0.918. The molecule has 148 valence electrons. The summed E-state index contributed by atoms with van der Waals surface area (Å²) in [6.45, 7) is 3.03. The van der Waals surface area contributed by atoms with Crippen LogP contribution < -0.4 is 9.54 Å². The highest BCUT2D eigenvalue weighted by Gasteiger charge is 2.13. The van der Waals surface area contributed by atoms with Crippen LogP contribution in [0.1, 0.15) is 16.1 Å². The van der Waals surface area contributed by atoms with Gasteiger partial charge in [-0.15, -0.1) is 0 Å². The summed E-state index contributed by atoms with van der Waals surface area (Å²) in [6.07, 6.45) is 0. The molecule has 6 nitrogen and oxygen atoms in total. The van der Waals surface area contributed by atoms with Crippen molar-refractivity contribution in [1.29, 1.82) is 0 Å². The number of fused-ring (bicyclic) bond motifs is 2. The van der Waals surface area contributed by atoms with Gasteiger partial charge in [0, 0.05) is 30.3 Å². The fourth-order valence-electron chi connectivity index (χ4n) is 3.25. The Kier molecular flexibility index (Phi) is 5.42. The van der Waals surface area contributed by atoms with Crippen molar-refractivity contribution in [2.45, 2.75) is 13.5 Å². The topological polar surface area (TPSA) is 65.7 Å². The van der Waals surface area contributed by atoms with Crippen LogP contribution in [0.4, 0.5) is 0 Å². The molecule has 0 unspecified atom stereocenters. The molecule has 0 aliphatic carbocycles. The zero-order chi connectivity index (χ0) is 20.4. The SMILES string of the molecule is COCCn1c(=NC(=O)c2ccc3nc(C)ccc3c2)sc2cccc(OC)c21. The molecule has 0 bridgehead atoms. The maximum atomic E-state index is 12.9. The average Bonchev–Trinajstić information content (AvgIpc) is 3.08. The van der Waals surface area contributed by atoms with E-state index in [1.807, 2.05) is 54.0 Å². The second kappa shape index (κ2) is 8.14. The summed E-state index contributed by atoms with van der Waals surface area (Å²) in [5.41, 5.74) is 3.26. The van der Waals surface area contributed by atoms with E-state index in [-0.39, 0.29) is 5.91 Å². The van der Waals surface area contributed by atoms with Crippen molar-refractivity contribution in [1.82, 2.24) is 9.55 Å². The number of benzene rings is 2. The van der Waals surface area contributed by atoms with Gasteiger partial charge < -0.3 is 14.0 Å². The standard InChI is InChI=1S/C22H21N3O3S/c1-14-7-8-15-13-16(9-10-17(15)23-14)21(26)24-22-25(11-12-27-2)20-18(28-3)5-4-6-19(20)29-22/h4-10,13H,11-12H2,1-3H3. The molecule has 0 radical (unpaired) electrons. The van der Waals surface area contributed by atoms with Gasteiger partial charge >= 0.3 is 0 Å². The predicted molar refractivity (Wildman–Crippen MR) is 115 cm³/mol. The number of carbonyl (C=O) groups excluding carboxylic acids is 1. The van der Waals surface area contributed by atoms with Gasteiger partial charge in [-0.1, -0.05) is 23.5 Å². The molecule has 29 heavy (non-hydrogen) atoms. The Hall–Kier alpha value is -3.03. The van der Waals surface area contributed by atoms with E-state index in [1.165, 1.54) is 11.3 Å². The summed E-state index contributed by atoms with van der Waals surface area (Å²) >= 11 is 1.46. The maximum absolute atomic E-state index is 12.9. The number of hydrogen-bond donors (Lipinski definition) is 0. The maximum Gasteiger partial charge on any atom is 0.279 e. The fraction of sp³-hybridized carbons (Fsp3) is 0.227. The second-order valence-electron chi connectivity index (χ2n) is 6.61. The Labute approximate surface area is 172 Å². The molecular formula is C22H21N3O3S. The molecule has 0 spiro atoms. The molecule has 7 heteroatoms. The number of amides is 1. The third-order valence-electron chi connectivity index (χ3n) is 4.68. The first-order chi connectivity index (χ1) is 14.1. The first kappa shape index (κ1) is 19.3. The fourth-order valence-corrected chi connectivity index (χ4v) is 4.32. The van der Waals surface area contributed by atoms with Gasteiger partial charge in [-0.2, -0.15) is 4.99 Å². The van der Waals surface area contributed by atoms with Gasteiger partial charge in [0.05, 0.1) is 23.9 Å². The quantitative estimate of drug-likeness (QED) is 0.502. The molecule has 0 atom stereocenters. The van der Waals surface area contributed by atoms with Gasteiger partial charge in [-0.25, -0.2) is 0 Å². The number of nitrogens with zero attached hydrogens (tertiary/aromatic N) is 3. The highest BCUT2D eigenvalue weighted by Crippen LogP contribution is 2.27. The smallest absolute Gasteiger partial charge is 0.279 e. The number of rotatable bonds is 5. The Morgan fingerprint density at radius 1 is 1.17 bits per heavy atom. The number of carbonyl (C=O) groups is 1. The van der Waals surface area contributed by atoms with Gasteiger partial charge in [-0.3, -0.25) is 9.78 Å². The number of pyridine rings is 1. The van der Waals surface area contributed by atoms with Crippen molar-refractivity contribution in [3.05, 3.63) is 64.6 Å². The van der Waals surface area contributed by atoms with Crippen LogP contribution in [-0.2, 0) is 11.3 Å². The lowest BCUT2D eigenvalue weighted by atomic mass is 10.1. The van der Waals surface area contributed by atoms with E-state index >= 15 is 0 Å². The molecule has 2 heterocycles. The van der Waals surface area contributed by atoms with E-state index in [4.69, 9.17) is 9.47 Å². The molecule has 0 fully saturated rings. The Balaban J connectivity index is 1.82. The molecule has 0 N–H and O–H groups in total. The molecule has 2 aromatic carbocycles. The highest BCUT2D eigenvalue weighted by molar-refractivity contribution is 7.16. The molecule has 0 saturated carbocycles. The number of ether oxygens (including phenoxy) is 2. The minimum absolute atomic E-state index is 0.288. The Morgan fingerprint density at radius 2 is 2.03 bits per heavy atom. The van der Waals surface area contributed by atoms with E-state index in [1.54, 1.807) is 20.3 Å². The monoisotopic (exact) mass is 407 g/mol. The zero-order valence-corrected chi connectivity index (χ0v) is 17.3. The number of aryl methyl sites for hydroxylation is 1. The molecule has 4 rings (SSSR count). The van der Waals surface area contributed by atoms with Crippen LogP contribution in [0.5, 0.6) is 5.75 Å². The van der Waals surface area contributed by atoms with Gasteiger partial charge in [0.15, 0.2) is 4.80 Å². The summed E-state index contributed by atoms with van der Waals surface area (Å²) < 4.78 is 13.8. The first-order valence-corrected chi connectivity index (χ1v) is 10.0. The molecular weight excluding hydrogens is 386 g/mol. The third-order valence-corrected chi connectivity index (χ3v) is 5.72. The van der Waals surface area contributed by atoms with Crippen LogP contribution >= 0.6 is 11.3 Å². The lowest BCUT2D eigenvalue weighted by Crippen LogP contribution is -2.19. The van der Waals surface area contributed by atoms with Crippen molar-refractivity contribution in [2.75, 3.05) is 20.8 Å². The molecule has 2 aromatic heterocycles. The van der Waals surface area contributed by atoms with Crippen LogP contribution in [0, 0.1) is 6.92 Å². The van der Waals surface area contributed by atoms with Crippen molar-refractivity contribution in [2.24, 2.45) is 4.99 Å². The van der Waals surface area contributed by atoms with E-state index in [9.17, 15) is 4.79 Å². The lowest BCUT2D eigenvalue weighted by molar-refractivity contribution is 0.0997. The van der Waals surface area contributed by atoms with Crippen LogP contribution in [-0.4, -0.2) is 36.3 Å². The van der Waals surface area contributed by atoms with E-state index in [2.05, 4.69) is 9.98 Å². The van der Waals surface area contributed by atoms with Gasteiger partial charge in [0.25, 0.3) is 5.91 Å². The number of para-hydroxylation sites is 1. The molecule has 1 amide bonds. The molecule has 0 saturated heterocycles. The minimum Gasteiger partial charge on any atom is -0.495 e. The van der Waals surface area contributed by atoms with Crippen LogP contribution in [0.15, 0.2) is 53.5 Å². The summed E-state index contributed by atoms with van der Waals surface area (Å²) in [4.78, 5) is 22.5. The molecule has 0 aliphatic rings. The Bertz CT molecular complexity index is 1270. The van der Waals surface area contributed by atoms with Crippen molar-refractivity contribution >= 4 is 38.4 Å². The van der Waals surface area contributed by atoms with E-state index in [0.717, 1.165) is 32.6 Å². The number of thiazole rings is 1. The zero-order valence-electron chi connectivity index (χ0n) is 16.5. The normalized spacial score (nSPS) is 12.0. The van der Waals surface area contributed by atoms with E-state index in [0.29, 0.717) is 23.5 Å². The summed E-state index contributed by atoms with van der Waals surface area (Å²) in [5.74, 6) is 0.458. The van der Waals surface area contributed by atoms with E-state index < -0.39 is 0 Å². The number of methoxy groups -OCH3 is 2. The Morgan fingerprint density at radius 3 is 2.83 bits per heavy atom. The predicted octanol–water partition coefficient (Wildman–Crippen LogP) is 3.96. The van der Waals surface area contributed by atoms with Gasteiger partial charge in [0.1, 0.15) is 11.3 Å². The average molecular weight is 407 g/mol. The largest absolute Gasteiger partial charge is 0.495 e. The minimum atomic E-state index is -0.288. The van der Waals surface area contributed by atoms with Crippen LogP contribution in [0.2, 0.25) is 0 Å². The lowest BCUT2D eigenvalue weighted by Gasteiger charge is -2.08. The highest BCUT2D eigenvalue weighted by atomic mass is 32.1. The third kappa shape index (κ3) is 3.79. The number of aromatic nitrogens is 2. The second-order valence-corrected chi connectivity index (χ2v) is 7.62. The van der Waals surface area contributed by atoms with Crippen molar-refractivity contribution in [3.8, 4) is 5.75 Å². The molecule has 0 aliphatic heterocycles. The molecule has 4 aromatic rings. The van der Waals surface area contributed by atoms with Gasteiger partial charge in [-0.05, 0) is 43.3 Å².